The van der Waals surface area contributed by atoms with Gasteiger partial charge >= 0.3 is 0 Å². The Morgan fingerprint density at radius 1 is 1.10 bits per heavy atom. The van der Waals surface area contributed by atoms with E-state index in [1.807, 2.05) is 19.2 Å². The molecule has 7 heteroatoms. The van der Waals surface area contributed by atoms with Gasteiger partial charge in [-0.25, -0.2) is 0 Å². The lowest BCUT2D eigenvalue weighted by atomic mass is 10.0. The molecule has 0 saturated carbocycles. The molecule has 0 spiro atoms. The number of nitrogens with one attached hydrogen (secondary N) is 1. The summed E-state index contributed by atoms with van der Waals surface area (Å²) in [6.07, 6.45) is 0.652. The Bertz CT molecular complexity index is 515. The lowest BCUT2D eigenvalue weighted by Gasteiger charge is -2.21. The third-order valence-electron chi connectivity index (χ3n) is 2.87. The summed E-state index contributed by atoms with van der Waals surface area (Å²) in [5.41, 5.74) is 11.5. The summed E-state index contributed by atoms with van der Waals surface area (Å²) in [6.45, 7) is 0.0141. The fourth-order valence-electron chi connectivity index (χ4n) is 1.95. The molecule has 1 aromatic carbocycles. The lowest BCUT2D eigenvalue weighted by Crippen LogP contribution is -2.43. The zero-order valence-corrected chi connectivity index (χ0v) is 12.0. The quantitative estimate of drug-likeness (QED) is 0.561. The van der Waals surface area contributed by atoms with E-state index in [0.29, 0.717) is 18.5 Å². The molecule has 0 bridgehead atoms. The van der Waals surface area contributed by atoms with E-state index in [1.54, 1.807) is 12.1 Å². The molecule has 3 amide bonds. The number of likely N-dealkylation sites (N-methyl/N-ethyl adjacent to an activating group) is 1. The molecule has 0 aromatic heterocycles. The SMILES string of the molecule is CNCCc1ccccc1C(=O)N(CC(N)=O)CC(N)=O. The smallest absolute Gasteiger partial charge is 0.255 e. The van der Waals surface area contributed by atoms with Crippen molar-refractivity contribution in [3.05, 3.63) is 35.4 Å². The van der Waals surface area contributed by atoms with Gasteiger partial charge in [-0.2, -0.15) is 0 Å². The normalized spacial score (nSPS) is 10.1. The van der Waals surface area contributed by atoms with Gasteiger partial charge in [-0.05, 0) is 31.6 Å². The summed E-state index contributed by atoms with van der Waals surface area (Å²) in [5, 5.41) is 3.00. The number of carbonyl (C=O) groups excluding carboxylic acids is 3. The number of hydrogen-bond acceptors (Lipinski definition) is 4. The van der Waals surface area contributed by atoms with Crippen molar-refractivity contribution in [2.75, 3.05) is 26.7 Å². The van der Waals surface area contributed by atoms with Crippen molar-refractivity contribution in [2.24, 2.45) is 11.5 Å². The minimum atomic E-state index is -0.697. The van der Waals surface area contributed by atoms with Crippen LogP contribution in [0.5, 0.6) is 0 Å². The molecule has 0 saturated heterocycles. The zero-order valence-electron chi connectivity index (χ0n) is 12.0. The first-order valence-corrected chi connectivity index (χ1v) is 6.54. The number of nitrogens with two attached hydrogens (primary N) is 2. The molecule has 0 unspecified atom stereocenters. The molecular weight excluding hydrogens is 272 g/mol. The van der Waals surface area contributed by atoms with Crippen molar-refractivity contribution < 1.29 is 14.4 Å². The second-order valence-corrected chi connectivity index (χ2v) is 4.60. The van der Waals surface area contributed by atoms with E-state index >= 15 is 0 Å². The van der Waals surface area contributed by atoms with Gasteiger partial charge in [0.1, 0.15) is 13.1 Å². The maximum Gasteiger partial charge on any atom is 0.255 e. The number of benzene rings is 1. The predicted molar refractivity (Wildman–Crippen MR) is 78.4 cm³/mol. The Morgan fingerprint density at radius 2 is 1.67 bits per heavy atom. The summed E-state index contributed by atoms with van der Waals surface area (Å²) in [6, 6.07) is 7.04. The van der Waals surface area contributed by atoms with E-state index in [9.17, 15) is 14.4 Å². The Labute approximate surface area is 123 Å². The molecule has 0 atom stereocenters. The number of rotatable bonds is 8. The van der Waals surface area contributed by atoms with E-state index in [0.717, 1.165) is 10.5 Å². The highest BCUT2D eigenvalue weighted by molar-refractivity contribution is 5.99. The molecule has 0 radical (unpaired) electrons. The van der Waals surface area contributed by atoms with Crippen LogP contribution in [0.25, 0.3) is 0 Å². The first-order chi connectivity index (χ1) is 9.95. The van der Waals surface area contributed by atoms with Crippen molar-refractivity contribution in [3.8, 4) is 0 Å². The number of primary amides is 2. The average Bonchev–Trinajstić information content (AvgIpc) is 2.43. The molecular formula is C14H20N4O3. The van der Waals surface area contributed by atoms with Gasteiger partial charge in [0.05, 0.1) is 0 Å². The standard InChI is InChI=1S/C14H20N4O3/c1-17-7-6-10-4-2-3-5-11(10)14(21)18(8-12(15)19)9-13(16)20/h2-5,17H,6-9H2,1H3,(H2,15,19)(H2,16,20). The van der Waals surface area contributed by atoms with E-state index in [4.69, 9.17) is 11.5 Å². The second kappa shape index (κ2) is 8.01. The predicted octanol–water partition coefficient (Wildman–Crippen LogP) is -1.14. The van der Waals surface area contributed by atoms with Crippen LogP contribution in [0.3, 0.4) is 0 Å². The highest BCUT2D eigenvalue weighted by atomic mass is 16.2. The highest BCUT2D eigenvalue weighted by Crippen LogP contribution is 2.12. The van der Waals surface area contributed by atoms with Crippen LogP contribution in [-0.4, -0.2) is 49.3 Å². The molecule has 0 fully saturated rings. The van der Waals surface area contributed by atoms with Gasteiger partial charge in [0, 0.05) is 5.56 Å². The number of hydrogen-bond donors (Lipinski definition) is 3. The number of nitrogens with zero attached hydrogens (tertiary/aromatic N) is 1. The molecule has 21 heavy (non-hydrogen) atoms. The van der Waals surface area contributed by atoms with E-state index in [1.165, 1.54) is 0 Å². The molecule has 1 aromatic rings. The Hall–Kier alpha value is -2.41. The monoisotopic (exact) mass is 292 g/mol. The Kier molecular flexibility index (Phi) is 6.35. The fourth-order valence-corrected chi connectivity index (χ4v) is 1.95. The topological polar surface area (TPSA) is 119 Å². The zero-order chi connectivity index (χ0) is 15.8. The van der Waals surface area contributed by atoms with Crippen LogP contribution in [0.4, 0.5) is 0 Å². The van der Waals surface area contributed by atoms with Crippen LogP contribution in [0.15, 0.2) is 24.3 Å². The molecule has 0 aliphatic carbocycles. The summed E-state index contributed by atoms with van der Waals surface area (Å²) < 4.78 is 0. The maximum atomic E-state index is 12.5. The van der Waals surface area contributed by atoms with Gasteiger partial charge in [-0.3, -0.25) is 14.4 Å². The molecule has 0 heterocycles. The first-order valence-electron chi connectivity index (χ1n) is 6.54. The van der Waals surface area contributed by atoms with Gasteiger partial charge in [-0.15, -0.1) is 0 Å². The molecule has 114 valence electrons. The van der Waals surface area contributed by atoms with Gasteiger partial charge < -0.3 is 21.7 Å². The molecule has 0 aliphatic rings. The van der Waals surface area contributed by atoms with Gasteiger partial charge in [-0.1, -0.05) is 18.2 Å². The minimum Gasteiger partial charge on any atom is -0.368 e. The van der Waals surface area contributed by atoms with Crippen molar-refractivity contribution >= 4 is 17.7 Å². The number of amides is 3. The summed E-state index contributed by atoms with van der Waals surface area (Å²) >= 11 is 0. The first kappa shape index (κ1) is 16.6. The van der Waals surface area contributed by atoms with Crippen LogP contribution in [0, 0.1) is 0 Å². The van der Waals surface area contributed by atoms with Crippen LogP contribution in [0.1, 0.15) is 15.9 Å². The van der Waals surface area contributed by atoms with Gasteiger partial charge in [0.2, 0.25) is 11.8 Å². The van der Waals surface area contributed by atoms with Crippen molar-refractivity contribution in [2.45, 2.75) is 6.42 Å². The maximum absolute atomic E-state index is 12.5. The van der Waals surface area contributed by atoms with E-state index < -0.39 is 17.7 Å². The van der Waals surface area contributed by atoms with Gasteiger partial charge in [0.25, 0.3) is 5.91 Å². The third-order valence-corrected chi connectivity index (χ3v) is 2.87. The number of carbonyl (C=O) groups is 3. The third kappa shape index (κ3) is 5.23. The molecule has 7 nitrogen and oxygen atoms in total. The summed E-state index contributed by atoms with van der Waals surface area (Å²) in [4.78, 5) is 35.6. The van der Waals surface area contributed by atoms with Gasteiger partial charge in [0.15, 0.2) is 0 Å². The minimum absolute atomic E-state index is 0.345. The Balaban J connectivity index is 3.01. The average molecular weight is 292 g/mol. The van der Waals surface area contributed by atoms with Crippen molar-refractivity contribution in [1.29, 1.82) is 0 Å². The Morgan fingerprint density at radius 3 is 2.19 bits per heavy atom. The lowest BCUT2D eigenvalue weighted by molar-refractivity contribution is -0.121. The van der Waals surface area contributed by atoms with Crippen molar-refractivity contribution in [3.63, 3.8) is 0 Å². The van der Waals surface area contributed by atoms with Crippen LogP contribution in [-0.2, 0) is 16.0 Å². The van der Waals surface area contributed by atoms with Crippen LogP contribution in [0.2, 0.25) is 0 Å². The van der Waals surface area contributed by atoms with Crippen LogP contribution < -0.4 is 16.8 Å². The molecule has 0 aliphatic heterocycles. The van der Waals surface area contributed by atoms with Crippen LogP contribution >= 0.6 is 0 Å². The van der Waals surface area contributed by atoms with Crippen molar-refractivity contribution in [1.82, 2.24) is 10.2 Å². The largest absolute Gasteiger partial charge is 0.368 e. The molecule has 1 rings (SSSR count). The fraction of sp³-hybridized carbons (Fsp3) is 0.357. The molecule has 5 N–H and O–H groups in total. The van der Waals surface area contributed by atoms with E-state index in [-0.39, 0.29) is 13.1 Å². The summed E-state index contributed by atoms with van der Waals surface area (Å²) in [7, 11) is 1.82. The van der Waals surface area contributed by atoms with E-state index in [2.05, 4.69) is 5.32 Å². The highest BCUT2D eigenvalue weighted by Gasteiger charge is 2.21. The second-order valence-electron chi connectivity index (χ2n) is 4.60. The summed E-state index contributed by atoms with van der Waals surface area (Å²) in [5.74, 6) is -1.83.